The van der Waals surface area contributed by atoms with Gasteiger partial charge in [-0.15, -0.1) is 0 Å². The predicted molar refractivity (Wildman–Crippen MR) is 94.4 cm³/mol. The molecular weight excluding hydrogens is 329 g/mol. The summed E-state index contributed by atoms with van der Waals surface area (Å²) in [5.74, 6) is -0.554. The third-order valence-electron chi connectivity index (χ3n) is 3.17. The van der Waals surface area contributed by atoms with Crippen LogP contribution in [0.5, 0.6) is 0 Å². The normalized spacial score (nSPS) is 13.1. The molecule has 0 saturated carbocycles. The molecule has 0 heterocycles. The van der Waals surface area contributed by atoms with Crippen LogP contribution in [0.3, 0.4) is 0 Å². The van der Waals surface area contributed by atoms with E-state index in [0.29, 0.717) is 0 Å². The van der Waals surface area contributed by atoms with E-state index < -0.39 is 30.8 Å². The molecule has 0 saturated heterocycles. The second-order valence-corrected chi connectivity index (χ2v) is 10.2. The summed E-state index contributed by atoms with van der Waals surface area (Å²) in [6.07, 6.45) is -0.426. The highest BCUT2D eigenvalue weighted by molar-refractivity contribution is 7.70. The largest absolute Gasteiger partial charge is 0.467 e. The van der Waals surface area contributed by atoms with Crippen molar-refractivity contribution in [1.82, 2.24) is 5.32 Å². The third kappa shape index (κ3) is 6.75. The van der Waals surface area contributed by atoms with Gasteiger partial charge in [-0.25, -0.2) is 9.59 Å². The van der Waals surface area contributed by atoms with Crippen LogP contribution in [0.2, 0.25) is 0 Å². The zero-order valence-corrected chi connectivity index (χ0v) is 16.0. The fraction of sp³-hybridized carbons (Fsp3) is 0.529. The molecule has 0 aliphatic rings. The van der Waals surface area contributed by atoms with E-state index in [1.165, 1.54) is 7.11 Å². The Morgan fingerprint density at radius 2 is 1.71 bits per heavy atom. The van der Waals surface area contributed by atoms with E-state index >= 15 is 0 Å². The van der Waals surface area contributed by atoms with Gasteiger partial charge in [-0.2, -0.15) is 0 Å². The zero-order chi connectivity index (χ0) is 18.5. The van der Waals surface area contributed by atoms with Crippen LogP contribution >= 0.6 is 7.14 Å². The lowest BCUT2D eigenvalue weighted by Gasteiger charge is -2.22. The summed E-state index contributed by atoms with van der Waals surface area (Å²) in [6.45, 7) is 8.62. The lowest BCUT2D eigenvalue weighted by molar-refractivity contribution is -0.143. The summed E-state index contributed by atoms with van der Waals surface area (Å²) < 4.78 is 21.9. The molecule has 1 N–H and O–H groups in total. The maximum Gasteiger partial charge on any atom is 0.408 e. The average Bonchev–Trinajstić information content (AvgIpc) is 2.43. The van der Waals surface area contributed by atoms with Gasteiger partial charge in [-0.3, -0.25) is 0 Å². The Balaban J connectivity index is 2.85. The maximum atomic E-state index is 12.0. The first-order chi connectivity index (χ1) is 10.9. The number of alkyl carbamates (subject to hydrolysis) is 1. The van der Waals surface area contributed by atoms with Gasteiger partial charge in [-0.05, 0) is 39.7 Å². The molecule has 0 fully saturated rings. The van der Waals surface area contributed by atoms with Crippen molar-refractivity contribution in [2.45, 2.75) is 38.8 Å². The molecule has 1 aromatic carbocycles. The monoisotopic (exact) mass is 355 g/mol. The van der Waals surface area contributed by atoms with E-state index in [1.54, 1.807) is 58.4 Å². The smallest absolute Gasteiger partial charge is 0.408 e. The average molecular weight is 355 g/mol. The number of nitrogens with one attached hydrogen (secondary N) is 1. The molecule has 24 heavy (non-hydrogen) atoms. The third-order valence-corrected chi connectivity index (χ3v) is 4.72. The molecule has 0 aliphatic heterocycles. The Labute approximate surface area is 143 Å². The van der Waals surface area contributed by atoms with Gasteiger partial charge in [-0.1, -0.05) is 24.3 Å². The highest BCUT2D eigenvalue weighted by Crippen LogP contribution is 2.34. The number of carbonyl (C=O) groups is 2. The van der Waals surface area contributed by atoms with Crippen molar-refractivity contribution >= 4 is 24.5 Å². The second kappa shape index (κ2) is 7.84. The molecule has 0 aliphatic carbocycles. The Bertz CT molecular complexity index is 627. The minimum Gasteiger partial charge on any atom is -0.467 e. The maximum absolute atomic E-state index is 12.0. The van der Waals surface area contributed by atoms with Crippen LogP contribution in [0.25, 0.3) is 0 Å². The van der Waals surface area contributed by atoms with E-state index in [0.717, 1.165) is 10.9 Å². The van der Waals surface area contributed by atoms with Crippen LogP contribution in [0.4, 0.5) is 4.79 Å². The standard InChI is InChI=1S/C17H26NO5P/c1-17(2,3)23-16(20)18-14(15(19)22-4)11-12-7-9-13(10-8-12)24(5,6)21/h7-10,14H,11H2,1-6H3,(H,18,20)/t14-/m0/s1. The molecule has 1 amide bonds. The first-order valence-electron chi connectivity index (χ1n) is 7.64. The Kier molecular flexibility index (Phi) is 6.61. The predicted octanol–water partition coefficient (Wildman–Crippen LogP) is 2.54. The second-order valence-electron chi connectivity index (χ2n) is 6.94. The first-order valence-corrected chi connectivity index (χ1v) is 10.2. The summed E-state index contributed by atoms with van der Waals surface area (Å²) in [6, 6.07) is 6.28. The lowest BCUT2D eigenvalue weighted by atomic mass is 10.1. The van der Waals surface area contributed by atoms with Crippen LogP contribution in [-0.2, 0) is 25.3 Å². The van der Waals surface area contributed by atoms with Crippen LogP contribution in [0.1, 0.15) is 26.3 Å². The number of amides is 1. The van der Waals surface area contributed by atoms with Gasteiger partial charge in [0.25, 0.3) is 0 Å². The van der Waals surface area contributed by atoms with E-state index in [-0.39, 0.29) is 6.42 Å². The van der Waals surface area contributed by atoms with E-state index in [4.69, 9.17) is 9.47 Å². The lowest BCUT2D eigenvalue weighted by Crippen LogP contribution is -2.45. The van der Waals surface area contributed by atoms with E-state index in [2.05, 4.69) is 5.32 Å². The van der Waals surface area contributed by atoms with Crippen LogP contribution in [-0.4, -0.2) is 44.1 Å². The quantitative estimate of drug-likeness (QED) is 0.648. The highest BCUT2D eigenvalue weighted by atomic mass is 31.2. The fourth-order valence-electron chi connectivity index (χ4n) is 2.01. The van der Waals surface area contributed by atoms with Gasteiger partial charge < -0.3 is 19.4 Å². The number of rotatable bonds is 5. The van der Waals surface area contributed by atoms with Crippen molar-refractivity contribution < 1.29 is 23.6 Å². The van der Waals surface area contributed by atoms with Crippen molar-refractivity contribution in [3.63, 3.8) is 0 Å². The van der Waals surface area contributed by atoms with Gasteiger partial charge in [0, 0.05) is 11.7 Å². The summed E-state index contributed by atoms with van der Waals surface area (Å²) >= 11 is 0. The molecule has 0 aromatic heterocycles. The molecule has 134 valence electrons. The molecule has 1 aromatic rings. The fourth-order valence-corrected chi connectivity index (χ4v) is 2.88. The first kappa shape index (κ1) is 20.2. The van der Waals surface area contributed by atoms with Gasteiger partial charge in [0.05, 0.1) is 7.11 Å². The van der Waals surface area contributed by atoms with Crippen LogP contribution < -0.4 is 10.6 Å². The number of esters is 1. The van der Waals surface area contributed by atoms with Gasteiger partial charge >= 0.3 is 12.1 Å². The molecule has 1 rings (SSSR count). The van der Waals surface area contributed by atoms with Crippen LogP contribution in [0, 0.1) is 0 Å². The SMILES string of the molecule is COC(=O)[C@H](Cc1ccc(P(C)(C)=O)cc1)NC(=O)OC(C)(C)C. The van der Waals surface area contributed by atoms with Crippen molar-refractivity contribution in [3.05, 3.63) is 29.8 Å². The zero-order valence-electron chi connectivity index (χ0n) is 15.1. The topological polar surface area (TPSA) is 81.7 Å². The van der Waals surface area contributed by atoms with Gasteiger partial charge in [0.15, 0.2) is 0 Å². The molecule has 6 nitrogen and oxygen atoms in total. The van der Waals surface area contributed by atoms with Crippen LogP contribution in [0.15, 0.2) is 24.3 Å². The Morgan fingerprint density at radius 1 is 1.17 bits per heavy atom. The Hall–Kier alpha value is -1.81. The van der Waals surface area contributed by atoms with E-state index in [9.17, 15) is 14.2 Å². The highest BCUT2D eigenvalue weighted by Gasteiger charge is 2.25. The van der Waals surface area contributed by atoms with Crippen molar-refractivity contribution in [3.8, 4) is 0 Å². The summed E-state index contributed by atoms with van der Waals surface area (Å²) in [5, 5.41) is 3.29. The minimum absolute atomic E-state index is 0.254. The molecule has 0 bridgehead atoms. The summed E-state index contributed by atoms with van der Waals surface area (Å²) in [4.78, 5) is 23.8. The molecular formula is C17H26NO5P. The van der Waals surface area contributed by atoms with Crippen molar-refractivity contribution in [2.75, 3.05) is 20.4 Å². The number of hydrogen-bond donors (Lipinski definition) is 1. The Morgan fingerprint density at radius 3 is 2.12 bits per heavy atom. The number of carbonyl (C=O) groups excluding carboxylic acids is 2. The number of hydrogen-bond acceptors (Lipinski definition) is 5. The minimum atomic E-state index is -2.32. The number of ether oxygens (including phenoxy) is 2. The summed E-state index contributed by atoms with van der Waals surface area (Å²) in [5.41, 5.74) is 0.161. The summed E-state index contributed by atoms with van der Waals surface area (Å²) in [7, 11) is -1.06. The molecule has 0 spiro atoms. The van der Waals surface area contributed by atoms with Gasteiger partial charge in [0.1, 0.15) is 18.8 Å². The number of methoxy groups -OCH3 is 1. The van der Waals surface area contributed by atoms with Gasteiger partial charge in [0.2, 0.25) is 0 Å². The molecule has 7 heteroatoms. The molecule has 0 radical (unpaired) electrons. The van der Waals surface area contributed by atoms with Crippen molar-refractivity contribution in [2.24, 2.45) is 0 Å². The van der Waals surface area contributed by atoms with E-state index in [1.807, 2.05) is 0 Å². The molecule has 0 unspecified atom stereocenters. The molecule has 1 atom stereocenters. The number of benzene rings is 1. The van der Waals surface area contributed by atoms with Crippen molar-refractivity contribution in [1.29, 1.82) is 0 Å².